The Bertz CT molecular complexity index is 1890. The molecule has 0 amide bonds. The monoisotopic (exact) mass is 486 g/mol. The third-order valence-electron chi connectivity index (χ3n) is 9.29. The molecule has 0 saturated carbocycles. The predicted octanol–water partition coefficient (Wildman–Crippen LogP) is 10.0. The van der Waals surface area contributed by atoms with Crippen LogP contribution in [0.25, 0.3) is 43.8 Å². The van der Waals surface area contributed by atoms with Gasteiger partial charge in [-0.1, -0.05) is 123 Å². The van der Waals surface area contributed by atoms with Gasteiger partial charge in [0.25, 0.3) is 0 Å². The number of benzene rings is 6. The lowest BCUT2D eigenvalue weighted by Gasteiger charge is -2.25. The van der Waals surface area contributed by atoms with Gasteiger partial charge in [0.2, 0.25) is 0 Å². The van der Waals surface area contributed by atoms with E-state index >= 15 is 0 Å². The second kappa shape index (κ2) is 7.92. The van der Waals surface area contributed by atoms with Crippen LogP contribution in [0.3, 0.4) is 0 Å². The lowest BCUT2D eigenvalue weighted by atomic mass is 9.78. The van der Waals surface area contributed by atoms with Crippen molar-refractivity contribution in [3.63, 3.8) is 0 Å². The van der Waals surface area contributed by atoms with E-state index in [0.29, 0.717) is 5.92 Å². The predicted molar refractivity (Wildman–Crippen MR) is 161 cm³/mol. The van der Waals surface area contributed by atoms with Crippen LogP contribution in [-0.2, 0) is 11.8 Å². The first-order valence-electron chi connectivity index (χ1n) is 13.9. The number of fused-ring (bicyclic) bond motifs is 8. The van der Waals surface area contributed by atoms with Crippen LogP contribution < -0.4 is 0 Å². The van der Waals surface area contributed by atoms with Crippen molar-refractivity contribution in [2.24, 2.45) is 0 Å². The molecule has 0 spiro atoms. The Labute approximate surface area is 224 Å². The van der Waals surface area contributed by atoms with Crippen LogP contribution in [0.1, 0.15) is 54.0 Å². The van der Waals surface area contributed by atoms with Crippen LogP contribution in [0.15, 0.2) is 115 Å². The molecule has 0 heteroatoms. The quantitative estimate of drug-likeness (QED) is 0.214. The zero-order chi connectivity index (χ0) is 25.4. The van der Waals surface area contributed by atoms with Gasteiger partial charge in [-0.3, -0.25) is 0 Å². The fourth-order valence-corrected chi connectivity index (χ4v) is 7.42. The first kappa shape index (κ1) is 21.9. The lowest BCUT2D eigenvalue weighted by Crippen LogP contribution is -2.16. The highest BCUT2D eigenvalue weighted by Gasteiger charge is 2.38. The zero-order valence-electron chi connectivity index (χ0n) is 22.0. The molecule has 0 fully saturated rings. The Kier molecular flexibility index (Phi) is 4.56. The van der Waals surface area contributed by atoms with Crippen molar-refractivity contribution in [2.45, 2.75) is 38.0 Å². The topological polar surface area (TPSA) is 0 Å². The number of rotatable bonds is 2. The average Bonchev–Trinajstić information content (AvgIpc) is 3.49. The van der Waals surface area contributed by atoms with Crippen molar-refractivity contribution in [1.29, 1.82) is 0 Å². The molecule has 0 radical (unpaired) electrons. The Balaban J connectivity index is 1.27. The zero-order valence-corrected chi connectivity index (χ0v) is 22.0. The molecular weight excluding hydrogens is 456 g/mol. The largest absolute Gasteiger partial charge is 0.0622 e. The Hall–Kier alpha value is -4.16. The molecule has 0 bridgehead atoms. The average molecular weight is 487 g/mol. The van der Waals surface area contributed by atoms with Crippen molar-refractivity contribution in [3.8, 4) is 22.3 Å². The molecule has 8 rings (SSSR count). The molecule has 2 aliphatic carbocycles. The van der Waals surface area contributed by atoms with Gasteiger partial charge in [-0.2, -0.15) is 0 Å². The fraction of sp³-hybridized carbons (Fsp3) is 0.158. The summed E-state index contributed by atoms with van der Waals surface area (Å²) in [6.07, 6.45) is 2.40. The molecule has 0 nitrogen and oxygen atoms in total. The molecule has 6 aromatic rings. The van der Waals surface area contributed by atoms with E-state index in [1.165, 1.54) is 84.5 Å². The maximum Gasteiger partial charge on any atom is 0.0165 e. The number of hydrogen-bond acceptors (Lipinski definition) is 0. The molecule has 182 valence electrons. The summed E-state index contributed by atoms with van der Waals surface area (Å²) in [5.74, 6) is 0.510. The maximum atomic E-state index is 2.53. The summed E-state index contributed by atoms with van der Waals surface area (Å²) in [5.41, 5.74) is 12.8. The summed E-state index contributed by atoms with van der Waals surface area (Å²) in [6, 6.07) is 43.4. The van der Waals surface area contributed by atoms with Gasteiger partial charge in [0.15, 0.2) is 0 Å². The molecule has 0 aromatic heterocycles. The van der Waals surface area contributed by atoms with E-state index in [0.717, 1.165) is 0 Å². The second-order valence-electron chi connectivity index (χ2n) is 11.7. The molecule has 0 heterocycles. The summed E-state index contributed by atoms with van der Waals surface area (Å²) < 4.78 is 0. The molecule has 1 atom stereocenters. The van der Waals surface area contributed by atoms with Gasteiger partial charge in [0.05, 0.1) is 0 Å². The van der Waals surface area contributed by atoms with Crippen LogP contribution in [0.4, 0.5) is 0 Å². The Morgan fingerprint density at radius 2 is 1.37 bits per heavy atom. The Morgan fingerprint density at radius 1 is 0.605 bits per heavy atom. The number of hydrogen-bond donors (Lipinski definition) is 0. The molecule has 2 aliphatic rings. The van der Waals surface area contributed by atoms with Crippen molar-refractivity contribution in [3.05, 3.63) is 143 Å². The maximum absolute atomic E-state index is 2.53. The summed E-state index contributed by atoms with van der Waals surface area (Å²) in [5, 5.41) is 5.37. The molecule has 38 heavy (non-hydrogen) atoms. The normalized spacial score (nSPS) is 16.9. The Morgan fingerprint density at radius 3 is 2.26 bits per heavy atom. The van der Waals surface area contributed by atoms with Crippen LogP contribution in [0.5, 0.6) is 0 Å². The summed E-state index contributed by atoms with van der Waals surface area (Å²) in [4.78, 5) is 0. The molecule has 0 N–H and O–H groups in total. The first-order chi connectivity index (χ1) is 18.6. The third kappa shape index (κ3) is 3.04. The highest BCUT2D eigenvalue weighted by atomic mass is 14.4. The van der Waals surface area contributed by atoms with E-state index in [1.54, 1.807) is 0 Å². The van der Waals surface area contributed by atoms with E-state index in [-0.39, 0.29) is 5.41 Å². The van der Waals surface area contributed by atoms with Gasteiger partial charge in [-0.05, 0) is 90.5 Å². The van der Waals surface area contributed by atoms with Crippen LogP contribution in [0.2, 0.25) is 0 Å². The minimum absolute atomic E-state index is 0.0457. The second-order valence-corrected chi connectivity index (χ2v) is 11.7. The summed E-state index contributed by atoms with van der Waals surface area (Å²) in [6.45, 7) is 4.85. The standard InChI is InChI=1S/C38H30/c1-38(2)36-23-28(30-16-12-25-10-6-7-11-29(25)30)14-18-33(36)35-21-20-32-31-17-13-26(24-8-4-3-5-9-24)22-27(31)15-19-34(32)37(35)38/h3-11,13-15,17-23,30H,12,16H2,1-2H3. The van der Waals surface area contributed by atoms with Gasteiger partial charge in [0.1, 0.15) is 0 Å². The third-order valence-corrected chi connectivity index (χ3v) is 9.29. The molecule has 1 unspecified atom stereocenters. The summed E-state index contributed by atoms with van der Waals surface area (Å²) in [7, 11) is 0. The van der Waals surface area contributed by atoms with Gasteiger partial charge in [0, 0.05) is 11.3 Å². The van der Waals surface area contributed by atoms with Gasteiger partial charge < -0.3 is 0 Å². The highest BCUT2D eigenvalue weighted by molar-refractivity contribution is 6.12. The number of aryl methyl sites for hydroxylation is 1. The first-order valence-corrected chi connectivity index (χ1v) is 13.9. The van der Waals surface area contributed by atoms with Crippen molar-refractivity contribution in [2.75, 3.05) is 0 Å². The van der Waals surface area contributed by atoms with Gasteiger partial charge >= 0.3 is 0 Å². The fourth-order valence-electron chi connectivity index (χ4n) is 7.42. The van der Waals surface area contributed by atoms with E-state index in [2.05, 4.69) is 129 Å². The molecule has 6 aromatic carbocycles. The molecular formula is C38H30. The van der Waals surface area contributed by atoms with E-state index in [9.17, 15) is 0 Å². The smallest absolute Gasteiger partial charge is 0.0165 e. The minimum Gasteiger partial charge on any atom is -0.0622 e. The SMILES string of the molecule is CC1(C)c2cc(C3CCc4ccccc43)ccc2-c2ccc3c(ccc4cc(-c5ccccc5)ccc43)c21. The van der Waals surface area contributed by atoms with Crippen molar-refractivity contribution in [1.82, 2.24) is 0 Å². The highest BCUT2D eigenvalue weighted by Crippen LogP contribution is 2.53. The van der Waals surface area contributed by atoms with Crippen LogP contribution >= 0.6 is 0 Å². The molecule has 0 saturated heterocycles. The van der Waals surface area contributed by atoms with E-state index < -0.39 is 0 Å². The molecule has 0 aliphatic heterocycles. The van der Waals surface area contributed by atoms with E-state index in [4.69, 9.17) is 0 Å². The van der Waals surface area contributed by atoms with Crippen LogP contribution in [0, 0.1) is 0 Å². The summed E-state index contributed by atoms with van der Waals surface area (Å²) >= 11 is 0. The minimum atomic E-state index is -0.0457. The van der Waals surface area contributed by atoms with Crippen LogP contribution in [-0.4, -0.2) is 0 Å². The lowest BCUT2D eigenvalue weighted by molar-refractivity contribution is 0.663. The van der Waals surface area contributed by atoms with Gasteiger partial charge in [-0.15, -0.1) is 0 Å². The van der Waals surface area contributed by atoms with Crippen molar-refractivity contribution < 1.29 is 0 Å². The van der Waals surface area contributed by atoms with Gasteiger partial charge in [-0.25, -0.2) is 0 Å². The van der Waals surface area contributed by atoms with Crippen molar-refractivity contribution >= 4 is 21.5 Å². The van der Waals surface area contributed by atoms with E-state index in [1.807, 2.05) is 0 Å².